The molecule has 1 aromatic heterocycles. The minimum Gasteiger partial charge on any atom is -0.333 e. The molecular weight excluding hydrogens is 246 g/mol. The minimum atomic E-state index is 0.212. The zero-order valence-electron chi connectivity index (χ0n) is 12.7. The molecule has 0 fully saturated rings. The molecule has 1 atom stereocenters. The molecular formula is C17H25N3. The van der Waals surface area contributed by atoms with Gasteiger partial charge in [-0.2, -0.15) is 0 Å². The highest BCUT2D eigenvalue weighted by molar-refractivity contribution is 5.25. The molecule has 3 heteroatoms. The maximum absolute atomic E-state index is 5.96. The second-order valence-electron chi connectivity index (χ2n) is 5.81. The Morgan fingerprint density at radius 3 is 2.50 bits per heavy atom. The molecule has 0 saturated heterocycles. The number of rotatable bonds is 6. The van der Waals surface area contributed by atoms with E-state index in [1.807, 2.05) is 6.33 Å². The lowest BCUT2D eigenvalue weighted by Crippen LogP contribution is -2.21. The van der Waals surface area contributed by atoms with Gasteiger partial charge >= 0.3 is 0 Å². The molecule has 0 aliphatic carbocycles. The summed E-state index contributed by atoms with van der Waals surface area (Å²) in [5, 5.41) is 0. The van der Waals surface area contributed by atoms with Crippen LogP contribution in [0, 0.1) is 0 Å². The van der Waals surface area contributed by atoms with Crippen LogP contribution < -0.4 is 5.73 Å². The van der Waals surface area contributed by atoms with E-state index in [1.54, 1.807) is 0 Å². The van der Waals surface area contributed by atoms with Crippen molar-refractivity contribution in [1.29, 1.82) is 0 Å². The molecule has 0 aliphatic heterocycles. The van der Waals surface area contributed by atoms with Gasteiger partial charge in [-0.25, -0.2) is 4.98 Å². The van der Waals surface area contributed by atoms with Crippen LogP contribution in [0.5, 0.6) is 0 Å². The molecule has 2 N–H and O–H groups in total. The molecule has 20 heavy (non-hydrogen) atoms. The Kier molecular flexibility index (Phi) is 4.96. The van der Waals surface area contributed by atoms with Crippen molar-refractivity contribution in [2.75, 3.05) is 0 Å². The lowest BCUT2D eigenvalue weighted by molar-refractivity contribution is 0.638. The summed E-state index contributed by atoms with van der Waals surface area (Å²) in [5.74, 6) is 0.583. The number of hydrogen-bond acceptors (Lipinski definition) is 2. The molecule has 1 heterocycles. The summed E-state index contributed by atoms with van der Waals surface area (Å²) >= 11 is 0. The standard InChI is InChI=1S/C17H25N3/c1-4-16(18)9-17-11-20(12-19-17)10-14-5-7-15(8-6-14)13(2)3/h5-8,11-13,16H,4,9-10,18H2,1-3H3. The number of aromatic nitrogens is 2. The van der Waals surface area contributed by atoms with Gasteiger partial charge in [-0.15, -0.1) is 0 Å². The van der Waals surface area contributed by atoms with Gasteiger partial charge in [-0.1, -0.05) is 45.0 Å². The van der Waals surface area contributed by atoms with Gasteiger partial charge in [0.25, 0.3) is 0 Å². The fraction of sp³-hybridized carbons (Fsp3) is 0.471. The van der Waals surface area contributed by atoms with Crippen molar-refractivity contribution in [1.82, 2.24) is 9.55 Å². The topological polar surface area (TPSA) is 43.8 Å². The molecule has 0 radical (unpaired) electrons. The van der Waals surface area contributed by atoms with Gasteiger partial charge in [-0.05, 0) is 23.5 Å². The predicted molar refractivity (Wildman–Crippen MR) is 83.8 cm³/mol. The van der Waals surface area contributed by atoms with Crippen LogP contribution in [-0.2, 0) is 13.0 Å². The van der Waals surface area contributed by atoms with E-state index < -0.39 is 0 Å². The van der Waals surface area contributed by atoms with E-state index in [1.165, 1.54) is 11.1 Å². The summed E-state index contributed by atoms with van der Waals surface area (Å²) < 4.78 is 2.13. The van der Waals surface area contributed by atoms with E-state index in [4.69, 9.17) is 5.73 Å². The summed E-state index contributed by atoms with van der Waals surface area (Å²) in [7, 11) is 0. The number of nitrogens with zero attached hydrogens (tertiary/aromatic N) is 2. The largest absolute Gasteiger partial charge is 0.333 e. The SMILES string of the molecule is CCC(N)Cc1cn(Cc2ccc(C(C)C)cc2)cn1. The maximum Gasteiger partial charge on any atom is 0.0952 e. The van der Waals surface area contributed by atoms with Gasteiger partial charge in [0, 0.05) is 25.2 Å². The predicted octanol–water partition coefficient (Wildman–Crippen LogP) is 3.33. The fourth-order valence-electron chi connectivity index (χ4n) is 2.23. The second kappa shape index (κ2) is 6.71. The minimum absolute atomic E-state index is 0.212. The molecule has 1 unspecified atom stereocenters. The third kappa shape index (κ3) is 3.94. The number of imidazole rings is 1. The molecule has 108 valence electrons. The number of nitrogens with two attached hydrogens (primary N) is 1. The monoisotopic (exact) mass is 271 g/mol. The van der Waals surface area contributed by atoms with Crippen molar-refractivity contribution in [3.63, 3.8) is 0 Å². The van der Waals surface area contributed by atoms with Crippen molar-refractivity contribution in [2.24, 2.45) is 5.73 Å². The highest BCUT2D eigenvalue weighted by Crippen LogP contribution is 2.15. The van der Waals surface area contributed by atoms with Crippen molar-refractivity contribution >= 4 is 0 Å². The van der Waals surface area contributed by atoms with Crippen LogP contribution >= 0.6 is 0 Å². The van der Waals surface area contributed by atoms with Crippen molar-refractivity contribution in [2.45, 2.75) is 52.1 Å². The first-order chi connectivity index (χ1) is 9.58. The third-order valence-corrected chi connectivity index (χ3v) is 3.69. The first kappa shape index (κ1) is 14.8. The number of benzene rings is 1. The van der Waals surface area contributed by atoms with Crippen LogP contribution in [0.15, 0.2) is 36.8 Å². The summed E-state index contributed by atoms with van der Waals surface area (Å²) in [6, 6.07) is 9.04. The van der Waals surface area contributed by atoms with Gasteiger partial charge < -0.3 is 10.3 Å². The summed E-state index contributed by atoms with van der Waals surface area (Å²) in [5.41, 5.74) is 9.73. The lowest BCUT2D eigenvalue weighted by atomic mass is 10.0. The smallest absolute Gasteiger partial charge is 0.0952 e. The number of hydrogen-bond donors (Lipinski definition) is 1. The van der Waals surface area contributed by atoms with Gasteiger partial charge in [0.1, 0.15) is 0 Å². The Balaban J connectivity index is 1.99. The zero-order chi connectivity index (χ0) is 14.5. The van der Waals surface area contributed by atoms with Crippen LogP contribution in [0.2, 0.25) is 0 Å². The van der Waals surface area contributed by atoms with Gasteiger partial charge in [0.05, 0.1) is 12.0 Å². The maximum atomic E-state index is 5.96. The van der Waals surface area contributed by atoms with Crippen LogP contribution in [-0.4, -0.2) is 15.6 Å². The summed E-state index contributed by atoms with van der Waals surface area (Å²) in [4.78, 5) is 4.43. The van der Waals surface area contributed by atoms with Crippen LogP contribution in [0.25, 0.3) is 0 Å². The molecule has 0 aliphatic rings. The Morgan fingerprint density at radius 2 is 1.90 bits per heavy atom. The molecule has 3 nitrogen and oxygen atoms in total. The normalized spacial score (nSPS) is 12.8. The van der Waals surface area contributed by atoms with Crippen LogP contribution in [0.3, 0.4) is 0 Å². The molecule has 0 amide bonds. The Labute approximate surface area is 121 Å². The Morgan fingerprint density at radius 1 is 1.20 bits per heavy atom. The van der Waals surface area contributed by atoms with E-state index in [0.29, 0.717) is 5.92 Å². The first-order valence-corrected chi connectivity index (χ1v) is 7.43. The highest BCUT2D eigenvalue weighted by Gasteiger charge is 2.05. The van der Waals surface area contributed by atoms with E-state index in [9.17, 15) is 0 Å². The quantitative estimate of drug-likeness (QED) is 0.875. The zero-order valence-corrected chi connectivity index (χ0v) is 12.7. The molecule has 2 rings (SSSR count). The van der Waals surface area contributed by atoms with Crippen molar-refractivity contribution in [3.8, 4) is 0 Å². The highest BCUT2D eigenvalue weighted by atomic mass is 15.0. The van der Waals surface area contributed by atoms with Gasteiger partial charge in [-0.3, -0.25) is 0 Å². The van der Waals surface area contributed by atoms with E-state index in [0.717, 1.165) is 25.1 Å². The molecule has 0 spiro atoms. The molecule has 0 saturated carbocycles. The lowest BCUT2D eigenvalue weighted by Gasteiger charge is -2.07. The van der Waals surface area contributed by atoms with E-state index in [2.05, 4.69) is 60.8 Å². The Bertz CT molecular complexity index is 525. The first-order valence-electron chi connectivity index (χ1n) is 7.43. The summed E-state index contributed by atoms with van der Waals surface area (Å²) in [6.07, 6.45) is 5.85. The average Bonchev–Trinajstić information content (AvgIpc) is 2.86. The molecule has 1 aromatic carbocycles. The third-order valence-electron chi connectivity index (χ3n) is 3.69. The summed E-state index contributed by atoms with van der Waals surface area (Å²) in [6.45, 7) is 7.41. The molecule has 0 bridgehead atoms. The molecule has 2 aromatic rings. The van der Waals surface area contributed by atoms with E-state index >= 15 is 0 Å². The van der Waals surface area contributed by atoms with Gasteiger partial charge in [0.15, 0.2) is 0 Å². The second-order valence-corrected chi connectivity index (χ2v) is 5.81. The van der Waals surface area contributed by atoms with Crippen molar-refractivity contribution in [3.05, 3.63) is 53.6 Å². The Hall–Kier alpha value is -1.61. The van der Waals surface area contributed by atoms with Gasteiger partial charge in [0.2, 0.25) is 0 Å². The van der Waals surface area contributed by atoms with Crippen LogP contribution in [0.1, 0.15) is 49.9 Å². The fourth-order valence-corrected chi connectivity index (χ4v) is 2.23. The average molecular weight is 271 g/mol. The van der Waals surface area contributed by atoms with Crippen LogP contribution in [0.4, 0.5) is 0 Å². The van der Waals surface area contributed by atoms with E-state index in [-0.39, 0.29) is 6.04 Å². The van der Waals surface area contributed by atoms with Crippen molar-refractivity contribution < 1.29 is 0 Å².